The number of allylic oxidation sites excluding steroid dienone is 3. The van der Waals surface area contributed by atoms with Crippen molar-refractivity contribution in [3.63, 3.8) is 0 Å². The van der Waals surface area contributed by atoms with Crippen molar-refractivity contribution in [2.24, 2.45) is 0 Å². The van der Waals surface area contributed by atoms with Crippen LogP contribution in [0.3, 0.4) is 0 Å². The van der Waals surface area contributed by atoms with Gasteiger partial charge >= 0.3 is 5.97 Å². The summed E-state index contributed by atoms with van der Waals surface area (Å²) < 4.78 is 55.2. The van der Waals surface area contributed by atoms with Gasteiger partial charge < -0.3 is 15.5 Å². The van der Waals surface area contributed by atoms with E-state index in [1.807, 2.05) is 4.72 Å². The van der Waals surface area contributed by atoms with E-state index in [2.05, 4.69) is 5.32 Å². The molecule has 8 nitrogen and oxygen atoms in total. The van der Waals surface area contributed by atoms with Crippen LogP contribution >= 0.6 is 0 Å². The fourth-order valence-electron chi connectivity index (χ4n) is 3.50. The fraction of sp³-hybridized carbons (Fsp3) is 0.400. The van der Waals surface area contributed by atoms with Gasteiger partial charge in [-0.1, -0.05) is 18.2 Å². The number of aliphatic carboxylic acids is 1. The molecule has 0 bridgehead atoms. The number of hydrogen-bond donors (Lipinski definition) is 4. The van der Waals surface area contributed by atoms with E-state index in [1.54, 1.807) is 0 Å². The molecule has 11 heteroatoms. The highest BCUT2D eigenvalue weighted by atomic mass is 32.2. The van der Waals surface area contributed by atoms with Crippen molar-refractivity contribution in [2.75, 3.05) is 6.54 Å². The van der Waals surface area contributed by atoms with Gasteiger partial charge in [-0.15, -0.1) is 0 Å². The number of nitrogens with one attached hydrogen (secondary N) is 2. The van der Waals surface area contributed by atoms with Crippen LogP contribution in [-0.2, 0) is 19.6 Å². The van der Waals surface area contributed by atoms with Crippen LogP contribution < -0.4 is 10.0 Å². The lowest BCUT2D eigenvalue weighted by Crippen LogP contribution is -2.45. The molecule has 1 aromatic rings. The number of carbonyl (C=O) groups excluding carboxylic acids is 1. The Labute approximate surface area is 177 Å². The maximum Gasteiger partial charge on any atom is 0.322 e. The highest BCUT2D eigenvalue weighted by Crippen LogP contribution is 2.30. The first kappa shape index (κ1) is 23.2. The second-order valence-corrected chi connectivity index (χ2v) is 9.28. The molecular weight excluding hydrogens is 434 g/mol. The lowest BCUT2D eigenvalue weighted by molar-refractivity contribution is -0.139. The number of β-amino-alcohol motifs (C(OH)–C–C–N with tert-alkyl or cyclic N) is 1. The van der Waals surface area contributed by atoms with E-state index in [4.69, 9.17) is 0 Å². The van der Waals surface area contributed by atoms with Crippen molar-refractivity contribution < 1.29 is 37.0 Å². The smallest absolute Gasteiger partial charge is 0.322 e. The molecule has 0 amide bonds. The zero-order valence-corrected chi connectivity index (χ0v) is 17.1. The van der Waals surface area contributed by atoms with E-state index in [1.165, 1.54) is 18.2 Å². The van der Waals surface area contributed by atoms with Gasteiger partial charge in [0.25, 0.3) is 0 Å². The monoisotopic (exact) mass is 456 g/mol. The molecule has 1 fully saturated rings. The van der Waals surface area contributed by atoms with Crippen LogP contribution in [0, 0.1) is 5.82 Å². The van der Waals surface area contributed by atoms with Gasteiger partial charge in [-0.25, -0.2) is 17.2 Å². The van der Waals surface area contributed by atoms with Gasteiger partial charge in [-0.2, -0.15) is 4.72 Å². The largest absolute Gasteiger partial charge is 0.480 e. The van der Waals surface area contributed by atoms with Gasteiger partial charge in [0, 0.05) is 13.0 Å². The average Bonchev–Trinajstić information content (AvgIpc) is 3.14. The van der Waals surface area contributed by atoms with Gasteiger partial charge in [0.05, 0.1) is 17.0 Å². The van der Waals surface area contributed by atoms with Gasteiger partial charge in [0.1, 0.15) is 11.9 Å². The Morgan fingerprint density at radius 2 is 2.10 bits per heavy atom. The summed E-state index contributed by atoms with van der Waals surface area (Å²) in [6.07, 6.45) is 2.36. The molecule has 1 aliphatic heterocycles. The molecule has 4 N–H and O–H groups in total. The summed E-state index contributed by atoms with van der Waals surface area (Å²) in [6, 6.07) is 1.72. The third kappa shape index (κ3) is 5.42. The summed E-state index contributed by atoms with van der Waals surface area (Å²) in [5.41, 5.74) is -1.97. The van der Waals surface area contributed by atoms with Crippen LogP contribution in [0.2, 0.25) is 0 Å². The SMILES string of the molecule is O=C(O)[C@H](CC1=CC[C@](F)(C(=O)[C@@H]2C[C@@H](O)CN2)C=C1)NS(=O)(=O)c1cccc(F)c1. The normalized spacial score (nSPS) is 27.0. The molecule has 3 rings (SSSR count). The first-order valence-corrected chi connectivity index (χ1v) is 11.0. The molecule has 168 valence electrons. The number of alkyl halides is 1. The number of aliphatic hydroxyl groups excluding tert-OH is 1. The Hall–Kier alpha value is -2.47. The topological polar surface area (TPSA) is 133 Å². The Bertz CT molecular complexity index is 1040. The molecule has 1 aliphatic carbocycles. The van der Waals surface area contributed by atoms with Gasteiger partial charge in [0.2, 0.25) is 10.0 Å². The highest BCUT2D eigenvalue weighted by Gasteiger charge is 2.43. The first-order chi connectivity index (χ1) is 14.5. The number of sulfonamides is 1. The summed E-state index contributed by atoms with van der Waals surface area (Å²) in [4.78, 5) is 23.6. The molecule has 0 radical (unpaired) electrons. The number of benzene rings is 1. The second kappa shape index (κ2) is 8.95. The van der Waals surface area contributed by atoms with Crippen LogP contribution in [0.15, 0.2) is 53.0 Å². The molecule has 2 aliphatic rings. The van der Waals surface area contributed by atoms with Gasteiger partial charge in [-0.3, -0.25) is 9.59 Å². The maximum atomic E-state index is 15.1. The first-order valence-electron chi connectivity index (χ1n) is 9.54. The zero-order valence-electron chi connectivity index (χ0n) is 16.3. The Morgan fingerprint density at radius 3 is 2.65 bits per heavy atom. The number of Topliss-reactive ketones (excluding diaryl/α,β-unsaturated/α-hetero) is 1. The molecule has 0 unspecified atom stereocenters. The molecular formula is C20H22F2N2O6S. The summed E-state index contributed by atoms with van der Waals surface area (Å²) in [6.45, 7) is 0.197. The summed E-state index contributed by atoms with van der Waals surface area (Å²) in [5, 5.41) is 21.7. The number of hydrogen-bond acceptors (Lipinski definition) is 6. The third-order valence-corrected chi connectivity index (χ3v) is 6.67. The number of halogens is 2. The van der Waals surface area contributed by atoms with E-state index in [0.29, 0.717) is 5.57 Å². The average molecular weight is 456 g/mol. The zero-order chi connectivity index (χ0) is 22.8. The van der Waals surface area contributed by atoms with Crippen LogP contribution in [0.5, 0.6) is 0 Å². The Morgan fingerprint density at radius 1 is 1.35 bits per heavy atom. The summed E-state index contributed by atoms with van der Waals surface area (Å²) >= 11 is 0. The van der Waals surface area contributed by atoms with E-state index in [0.717, 1.165) is 24.3 Å². The Kier molecular flexibility index (Phi) is 6.70. The number of ketones is 1. The summed E-state index contributed by atoms with van der Waals surface area (Å²) in [5.74, 6) is -2.98. The molecule has 4 atom stereocenters. The van der Waals surface area contributed by atoms with Crippen molar-refractivity contribution in [2.45, 2.75) is 48.0 Å². The van der Waals surface area contributed by atoms with E-state index in [9.17, 15) is 32.6 Å². The molecule has 0 aromatic heterocycles. The number of carbonyl (C=O) groups is 2. The molecule has 1 heterocycles. The maximum absolute atomic E-state index is 15.1. The Balaban J connectivity index is 1.68. The lowest BCUT2D eigenvalue weighted by Gasteiger charge is -2.26. The van der Waals surface area contributed by atoms with Crippen molar-refractivity contribution in [1.29, 1.82) is 0 Å². The molecule has 1 saturated heterocycles. The van der Waals surface area contributed by atoms with Crippen LogP contribution in [0.1, 0.15) is 19.3 Å². The van der Waals surface area contributed by atoms with Crippen LogP contribution in [0.25, 0.3) is 0 Å². The van der Waals surface area contributed by atoms with E-state index >= 15 is 4.39 Å². The number of carboxylic acids is 1. The second-order valence-electron chi connectivity index (χ2n) is 7.57. The number of carboxylic acid groups (broad SMARTS) is 1. The highest BCUT2D eigenvalue weighted by molar-refractivity contribution is 7.89. The minimum Gasteiger partial charge on any atom is -0.480 e. The predicted octanol–water partition coefficient (Wildman–Crippen LogP) is 0.834. The van der Waals surface area contributed by atoms with E-state index < -0.39 is 56.3 Å². The minimum atomic E-state index is -4.31. The van der Waals surface area contributed by atoms with E-state index in [-0.39, 0.29) is 25.8 Å². The van der Waals surface area contributed by atoms with Crippen molar-refractivity contribution in [1.82, 2.24) is 10.0 Å². The fourth-order valence-corrected chi connectivity index (χ4v) is 4.72. The predicted molar refractivity (Wildman–Crippen MR) is 106 cm³/mol. The number of rotatable bonds is 8. The quantitative estimate of drug-likeness (QED) is 0.456. The third-order valence-electron chi connectivity index (χ3n) is 5.20. The number of aliphatic hydroxyl groups is 1. The van der Waals surface area contributed by atoms with Crippen LogP contribution in [-0.4, -0.2) is 60.8 Å². The molecule has 0 saturated carbocycles. The molecule has 1 aromatic carbocycles. The van der Waals surface area contributed by atoms with Crippen molar-refractivity contribution in [3.05, 3.63) is 53.9 Å². The molecule has 0 spiro atoms. The van der Waals surface area contributed by atoms with Gasteiger partial charge in [-0.05, 0) is 42.7 Å². The lowest BCUT2D eigenvalue weighted by atomic mass is 9.85. The van der Waals surface area contributed by atoms with Crippen molar-refractivity contribution in [3.8, 4) is 0 Å². The van der Waals surface area contributed by atoms with Crippen molar-refractivity contribution >= 4 is 21.8 Å². The van der Waals surface area contributed by atoms with Crippen LogP contribution in [0.4, 0.5) is 8.78 Å². The standard InChI is InChI=1S/C20H22F2N2O6S/c21-13-2-1-3-15(9-13)31(29,30)24-17(19(27)28)8-12-4-6-20(22,7-5-12)18(26)16-10-14(25)11-23-16/h1-6,9,14,16-17,23-25H,7-8,10-11H2,(H,27,28)/t14-,16+,17+,20+/m1/s1. The summed E-state index contributed by atoms with van der Waals surface area (Å²) in [7, 11) is -4.31. The minimum absolute atomic E-state index is 0.109. The molecule has 31 heavy (non-hydrogen) atoms. The van der Waals surface area contributed by atoms with Gasteiger partial charge in [0.15, 0.2) is 11.5 Å².